The number of hydrogen-bond acceptors (Lipinski definition) is 4. The first-order valence-corrected chi connectivity index (χ1v) is 7.89. The highest BCUT2D eigenvalue weighted by Gasteiger charge is 2.05. The molecule has 0 bridgehead atoms. The third-order valence-corrected chi connectivity index (χ3v) is 3.47. The molecule has 0 radical (unpaired) electrons. The minimum atomic E-state index is -0.387. The summed E-state index contributed by atoms with van der Waals surface area (Å²) in [5, 5.41) is 5.34. The summed E-state index contributed by atoms with van der Waals surface area (Å²) in [6, 6.07) is 11.7. The standard InChI is InChI=1S/C20H20N2O4/c1-14(23)16-8-6-15(7-9-16)5-4-10-21-20(24)22-17-11-18(25-2)13-19(12-17)26-3/h6-9,11-13H,10H2,1-3H3,(H2,21,22,24). The largest absolute Gasteiger partial charge is 0.497 e. The van der Waals surface area contributed by atoms with Crippen LogP contribution in [0.3, 0.4) is 0 Å². The van der Waals surface area contributed by atoms with E-state index in [0.717, 1.165) is 5.56 Å². The Bertz CT molecular complexity index is 826. The maximum absolute atomic E-state index is 11.9. The topological polar surface area (TPSA) is 76.7 Å². The van der Waals surface area contributed by atoms with E-state index in [0.29, 0.717) is 22.7 Å². The smallest absolute Gasteiger partial charge is 0.319 e. The van der Waals surface area contributed by atoms with Crippen LogP contribution in [0.15, 0.2) is 42.5 Å². The first-order valence-electron chi connectivity index (χ1n) is 7.89. The van der Waals surface area contributed by atoms with Crippen LogP contribution in [0, 0.1) is 11.8 Å². The third-order valence-electron chi connectivity index (χ3n) is 3.47. The van der Waals surface area contributed by atoms with Gasteiger partial charge in [0.2, 0.25) is 0 Å². The molecule has 6 nitrogen and oxygen atoms in total. The van der Waals surface area contributed by atoms with Gasteiger partial charge in [-0.1, -0.05) is 24.0 Å². The molecular weight excluding hydrogens is 332 g/mol. The highest BCUT2D eigenvalue weighted by Crippen LogP contribution is 2.25. The quantitative estimate of drug-likeness (QED) is 0.640. The van der Waals surface area contributed by atoms with Crippen molar-refractivity contribution in [3.8, 4) is 23.3 Å². The fraction of sp³-hybridized carbons (Fsp3) is 0.200. The van der Waals surface area contributed by atoms with Crippen LogP contribution in [0.5, 0.6) is 11.5 Å². The lowest BCUT2D eigenvalue weighted by Gasteiger charge is -2.09. The van der Waals surface area contributed by atoms with E-state index in [-0.39, 0.29) is 18.4 Å². The maximum Gasteiger partial charge on any atom is 0.319 e. The maximum atomic E-state index is 11.9. The van der Waals surface area contributed by atoms with E-state index < -0.39 is 0 Å². The van der Waals surface area contributed by atoms with Crippen LogP contribution in [0.1, 0.15) is 22.8 Å². The van der Waals surface area contributed by atoms with Crippen LogP contribution in [0.4, 0.5) is 10.5 Å². The van der Waals surface area contributed by atoms with Crippen molar-refractivity contribution in [1.29, 1.82) is 0 Å². The lowest BCUT2D eigenvalue weighted by molar-refractivity contribution is 0.101. The third kappa shape index (κ3) is 5.56. The Balaban J connectivity index is 1.89. The molecule has 0 aliphatic rings. The van der Waals surface area contributed by atoms with E-state index in [2.05, 4.69) is 22.5 Å². The van der Waals surface area contributed by atoms with Crippen molar-refractivity contribution >= 4 is 17.5 Å². The van der Waals surface area contributed by atoms with Crippen molar-refractivity contribution in [2.45, 2.75) is 6.92 Å². The molecule has 0 aliphatic carbocycles. The van der Waals surface area contributed by atoms with E-state index in [9.17, 15) is 9.59 Å². The molecule has 2 amide bonds. The van der Waals surface area contributed by atoms with Crippen molar-refractivity contribution in [2.24, 2.45) is 0 Å². The second kappa shape index (κ2) is 9.14. The molecule has 2 N–H and O–H groups in total. The van der Waals surface area contributed by atoms with Gasteiger partial charge in [0.25, 0.3) is 0 Å². The molecule has 2 aromatic carbocycles. The predicted octanol–water partition coefficient (Wildman–Crippen LogP) is 3.08. The molecule has 0 unspecified atom stereocenters. The number of Topliss-reactive ketones (excluding diaryl/α,β-unsaturated/α-hetero) is 1. The zero-order chi connectivity index (χ0) is 18.9. The van der Waals surface area contributed by atoms with Gasteiger partial charge in [0, 0.05) is 35.0 Å². The first kappa shape index (κ1) is 18.9. The van der Waals surface area contributed by atoms with Gasteiger partial charge in [0.15, 0.2) is 5.78 Å². The van der Waals surface area contributed by atoms with Crippen molar-refractivity contribution in [2.75, 3.05) is 26.1 Å². The van der Waals surface area contributed by atoms with Crippen LogP contribution in [0.25, 0.3) is 0 Å². The summed E-state index contributed by atoms with van der Waals surface area (Å²) >= 11 is 0. The predicted molar refractivity (Wildman–Crippen MR) is 99.9 cm³/mol. The average Bonchev–Trinajstić information content (AvgIpc) is 2.65. The Morgan fingerprint density at radius 1 is 1.00 bits per heavy atom. The summed E-state index contributed by atoms with van der Waals surface area (Å²) in [7, 11) is 3.08. The van der Waals surface area contributed by atoms with Gasteiger partial charge in [0.1, 0.15) is 11.5 Å². The summed E-state index contributed by atoms with van der Waals surface area (Å²) in [4.78, 5) is 23.2. The van der Waals surface area contributed by atoms with Crippen LogP contribution in [0.2, 0.25) is 0 Å². The number of nitrogens with one attached hydrogen (secondary N) is 2. The van der Waals surface area contributed by atoms with Crippen LogP contribution < -0.4 is 20.1 Å². The molecule has 2 rings (SSSR count). The number of ether oxygens (including phenoxy) is 2. The molecule has 0 heterocycles. The molecule has 6 heteroatoms. The molecule has 0 aromatic heterocycles. The Morgan fingerprint density at radius 2 is 1.62 bits per heavy atom. The summed E-state index contributed by atoms with van der Waals surface area (Å²) < 4.78 is 10.3. The zero-order valence-electron chi connectivity index (χ0n) is 14.9. The van der Waals surface area contributed by atoms with E-state index in [1.54, 1.807) is 42.5 Å². The minimum absolute atomic E-state index is 0.0111. The van der Waals surface area contributed by atoms with E-state index >= 15 is 0 Å². The van der Waals surface area contributed by atoms with Gasteiger partial charge < -0.3 is 20.1 Å². The molecule has 0 saturated carbocycles. The second-order valence-electron chi connectivity index (χ2n) is 5.34. The Morgan fingerprint density at radius 3 is 2.15 bits per heavy atom. The number of carbonyl (C=O) groups excluding carboxylic acids is 2. The summed E-state index contributed by atoms with van der Waals surface area (Å²) in [6.07, 6.45) is 0. The van der Waals surface area contributed by atoms with Gasteiger partial charge in [0.05, 0.1) is 20.8 Å². The van der Waals surface area contributed by atoms with E-state index in [1.807, 2.05) is 0 Å². The monoisotopic (exact) mass is 352 g/mol. The van der Waals surface area contributed by atoms with Crippen LogP contribution >= 0.6 is 0 Å². The highest BCUT2D eigenvalue weighted by atomic mass is 16.5. The first-order chi connectivity index (χ1) is 12.5. The van der Waals surface area contributed by atoms with Gasteiger partial charge in [-0.2, -0.15) is 0 Å². The Labute approximate surface area is 152 Å². The SMILES string of the molecule is COc1cc(NC(=O)NCC#Cc2ccc(C(C)=O)cc2)cc(OC)c1. The van der Waals surface area contributed by atoms with Gasteiger partial charge in [-0.25, -0.2) is 4.79 Å². The van der Waals surface area contributed by atoms with E-state index in [1.165, 1.54) is 21.1 Å². The average molecular weight is 352 g/mol. The molecule has 0 aliphatic heterocycles. The number of hydrogen-bond donors (Lipinski definition) is 2. The summed E-state index contributed by atoms with van der Waals surface area (Å²) in [5.74, 6) is 6.94. The lowest BCUT2D eigenvalue weighted by Crippen LogP contribution is -2.28. The molecule has 0 fully saturated rings. The number of ketones is 1. The highest BCUT2D eigenvalue weighted by molar-refractivity contribution is 5.94. The fourth-order valence-corrected chi connectivity index (χ4v) is 2.11. The normalized spacial score (nSPS) is 9.50. The van der Waals surface area contributed by atoms with Crippen LogP contribution in [-0.4, -0.2) is 32.6 Å². The van der Waals surface area contributed by atoms with Gasteiger partial charge in [-0.05, 0) is 19.1 Å². The van der Waals surface area contributed by atoms with Crippen molar-refractivity contribution in [3.63, 3.8) is 0 Å². The number of anilines is 1. The molecule has 0 atom stereocenters. The number of urea groups is 1. The number of rotatable bonds is 5. The molecule has 0 spiro atoms. The molecule has 2 aromatic rings. The number of amides is 2. The van der Waals surface area contributed by atoms with Crippen molar-refractivity contribution in [1.82, 2.24) is 5.32 Å². The molecule has 134 valence electrons. The van der Waals surface area contributed by atoms with Crippen molar-refractivity contribution in [3.05, 3.63) is 53.6 Å². The second-order valence-corrected chi connectivity index (χ2v) is 5.34. The number of methoxy groups -OCH3 is 2. The molecule has 0 saturated heterocycles. The lowest BCUT2D eigenvalue weighted by atomic mass is 10.1. The van der Waals surface area contributed by atoms with Gasteiger partial charge in [-0.3, -0.25) is 4.79 Å². The van der Waals surface area contributed by atoms with Gasteiger partial charge >= 0.3 is 6.03 Å². The molecular formula is C20H20N2O4. The fourth-order valence-electron chi connectivity index (χ4n) is 2.11. The zero-order valence-corrected chi connectivity index (χ0v) is 14.9. The Hall–Kier alpha value is -3.46. The number of carbonyl (C=O) groups is 2. The number of benzene rings is 2. The van der Waals surface area contributed by atoms with E-state index in [4.69, 9.17) is 9.47 Å². The summed E-state index contributed by atoms with van der Waals surface area (Å²) in [6.45, 7) is 1.70. The Kier molecular flexibility index (Phi) is 6.63. The van der Waals surface area contributed by atoms with Crippen molar-refractivity contribution < 1.29 is 19.1 Å². The summed E-state index contributed by atoms with van der Waals surface area (Å²) in [5.41, 5.74) is 1.96. The molecule has 26 heavy (non-hydrogen) atoms. The minimum Gasteiger partial charge on any atom is -0.497 e. The van der Waals surface area contributed by atoms with Gasteiger partial charge in [-0.15, -0.1) is 0 Å². The van der Waals surface area contributed by atoms with Crippen LogP contribution in [-0.2, 0) is 0 Å².